The number of carbonyl (C=O) groups excluding carboxylic acids is 1. The van der Waals surface area contributed by atoms with Crippen LogP contribution >= 0.6 is 11.8 Å². The highest BCUT2D eigenvalue weighted by atomic mass is 32.2. The van der Waals surface area contributed by atoms with Crippen LogP contribution in [0.3, 0.4) is 0 Å². The molecule has 1 saturated heterocycles. The normalized spacial score (nSPS) is 15.5. The van der Waals surface area contributed by atoms with Crippen LogP contribution < -0.4 is 0 Å². The van der Waals surface area contributed by atoms with Crippen LogP contribution in [0.2, 0.25) is 0 Å². The molecule has 0 bridgehead atoms. The molecule has 0 aromatic heterocycles. The van der Waals surface area contributed by atoms with Crippen molar-refractivity contribution >= 4 is 17.7 Å². The van der Waals surface area contributed by atoms with Crippen LogP contribution in [-0.4, -0.2) is 30.2 Å². The van der Waals surface area contributed by atoms with E-state index < -0.39 is 0 Å². The standard InChI is InChI=1S/C12H14FNOS/c1-16-11-7-9(6-10(13)8-11)12(15)14-4-2-3-5-14/h6-8H,2-5H2,1H3. The minimum atomic E-state index is -0.339. The number of thioether (sulfide) groups is 1. The third kappa shape index (κ3) is 2.38. The van der Waals surface area contributed by atoms with Crippen LogP contribution in [-0.2, 0) is 0 Å². The summed E-state index contributed by atoms with van der Waals surface area (Å²) < 4.78 is 13.3. The zero-order valence-corrected chi connectivity index (χ0v) is 10.0. The predicted molar refractivity (Wildman–Crippen MR) is 63.3 cm³/mol. The number of rotatable bonds is 2. The summed E-state index contributed by atoms with van der Waals surface area (Å²) in [6, 6.07) is 4.53. The van der Waals surface area contributed by atoms with Gasteiger partial charge < -0.3 is 4.90 Å². The Morgan fingerprint density at radius 1 is 1.31 bits per heavy atom. The van der Waals surface area contributed by atoms with Crippen molar-refractivity contribution in [2.75, 3.05) is 19.3 Å². The molecular weight excluding hydrogens is 225 g/mol. The summed E-state index contributed by atoms with van der Waals surface area (Å²) >= 11 is 1.45. The third-order valence-electron chi connectivity index (χ3n) is 2.75. The van der Waals surface area contributed by atoms with Crippen molar-refractivity contribution in [2.45, 2.75) is 17.7 Å². The fourth-order valence-corrected chi connectivity index (χ4v) is 2.38. The molecule has 1 aromatic rings. The second-order valence-electron chi connectivity index (χ2n) is 3.88. The molecule has 1 aliphatic rings. The van der Waals surface area contributed by atoms with E-state index in [1.165, 1.54) is 23.9 Å². The lowest BCUT2D eigenvalue weighted by Crippen LogP contribution is -2.27. The van der Waals surface area contributed by atoms with E-state index in [4.69, 9.17) is 0 Å². The molecule has 0 aliphatic carbocycles. The molecule has 4 heteroatoms. The summed E-state index contributed by atoms with van der Waals surface area (Å²) in [5.41, 5.74) is 0.464. The maximum Gasteiger partial charge on any atom is 0.253 e. The molecule has 1 heterocycles. The number of carbonyl (C=O) groups is 1. The maximum atomic E-state index is 13.3. The van der Waals surface area contributed by atoms with Crippen molar-refractivity contribution in [3.63, 3.8) is 0 Å². The van der Waals surface area contributed by atoms with Crippen molar-refractivity contribution in [3.05, 3.63) is 29.6 Å². The van der Waals surface area contributed by atoms with Gasteiger partial charge in [0.2, 0.25) is 0 Å². The molecule has 0 atom stereocenters. The van der Waals surface area contributed by atoms with Gasteiger partial charge in [0.1, 0.15) is 5.82 Å². The number of benzene rings is 1. The van der Waals surface area contributed by atoms with Crippen LogP contribution in [0.4, 0.5) is 4.39 Å². The number of nitrogens with zero attached hydrogens (tertiary/aromatic N) is 1. The Balaban J connectivity index is 2.24. The maximum absolute atomic E-state index is 13.3. The largest absolute Gasteiger partial charge is 0.339 e. The molecule has 2 nitrogen and oxygen atoms in total. The lowest BCUT2D eigenvalue weighted by molar-refractivity contribution is 0.0792. The smallest absolute Gasteiger partial charge is 0.253 e. The fourth-order valence-electron chi connectivity index (χ4n) is 1.91. The van der Waals surface area contributed by atoms with Gasteiger partial charge in [-0.3, -0.25) is 4.79 Å². The monoisotopic (exact) mass is 239 g/mol. The molecule has 0 unspecified atom stereocenters. The van der Waals surface area contributed by atoms with Gasteiger partial charge in [0.05, 0.1) is 0 Å². The third-order valence-corrected chi connectivity index (χ3v) is 3.45. The van der Waals surface area contributed by atoms with E-state index >= 15 is 0 Å². The summed E-state index contributed by atoms with van der Waals surface area (Å²) in [6.07, 6.45) is 3.98. The van der Waals surface area contributed by atoms with Crippen molar-refractivity contribution in [2.24, 2.45) is 0 Å². The van der Waals surface area contributed by atoms with E-state index in [2.05, 4.69) is 0 Å². The Morgan fingerprint density at radius 2 is 2.00 bits per heavy atom. The molecule has 0 N–H and O–H groups in total. The predicted octanol–water partition coefficient (Wildman–Crippen LogP) is 2.78. The minimum absolute atomic E-state index is 0.0488. The summed E-state index contributed by atoms with van der Waals surface area (Å²) in [7, 11) is 0. The van der Waals surface area contributed by atoms with Crippen LogP contribution in [0, 0.1) is 5.82 Å². The Morgan fingerprint density at radius 3 is 2.62 bits per heavy atom. The highest BCUT2D eigenvalue weighted by Gasteiger charge is 2.20. The molecule has 1 fully saturated rings. The molecule has 1 aromatic carbocycles. The Bertz CT molecular complexity index is 402. The number of hydrogen-bond donors (Lipinski definition) is 0. The Kier molecular flexibility index (Phi) is 3.49. The first-order valence-electron chi connectivity index (χ1n) is 5.34. The summed E-state index contributed by atoms with van der Waals surface area (Å²) in [5, 5.41) is 0. The van der Waals surface area contributed by atoms with E-state index in [1.807, 2.05) is 6.26 Å². The second-order valence-corrected chi connectivity index (χ2v) is 4.76. The van der Waals surface area contributed by atoms with Gasteiger partial charge in [-0.15, -0.1) is 11.8 Å². The molecule has 16 heavy (non-hydrogen) atoms. The Labute approximate surface area is 98.8 Å². The van der Waals surface area contributed by atoms with E-state index in [1.54, 1.807) is 11.0 Å². The first-order valence-corrected chi connectivity index (χ1v) is 6.57. The van der Waals surface area contributed by atoms with Gasteiger partial charge in [-0.05, 0) is 37.3 Å². The van der Waals surface area contributed by atoms with Gasteiger partial charge in [-0.25, -0.2) is 4.39 Å². The van der Waals surface area contributed by atoms with E-state index in [-0.39, 0.29) is 11.7 Å². The lowest BCUT2D eigenvalue weighted by atomic mass is 10.2. The van der Waals surface area contributed by atoms with E-state index in [0.29, 0.717) is 5.56 Å². The molecule has 1 aliphatic heterocycles. The summed E-state index contributed by atoms with van der Waals surface area (Å²) in [6.45, 7) is 1.59. The second kappa shape index (κ2) is 4.87. The Hall–Kier alpha value is -1.03. The van der Waals surface area contributed by atoms with E-state index in [0.717, 1.165) is 30.8 Å². The zero-order valence-electron chi connectivity index (χ0n) is 9.20. The van der Waals surface area contributed by atoms with Gasteiger partial charge in [-0.2, -0.15) is 0 Å². The van der Waals surface area contributed by atoms with Gasteiger partial charge in [0, 0.05) is 23.5 Å². The van der Waals surface area contributed by atoms with Crippen LogP contribution in [0.25, 0.3) is 0 Å². The first kappa shape index (κ1) is 11.5. The lowest BCUT2D eigenvalue weighted by Gasteiger charge is -2.15. The fraction of sp³-hybridized carbons (Fsp3) is 0.417. The van der Waals surface area contributed by atoms with Crippen LogP contribution in [0.15, 0.2) is 23.1 Å². The molecule has 2 rings (SSSR count). The van der Waals surface area contributed by atoms with Gasteiger partial charge >= 0.3 is 0 Å². The highest BCUT2D eigenvalue weighted by molar-refractivity contribution is 7.98. The number of likely N-dealkylation sites (tertiary alicyclic amines) is 1. The average Bonchev–Trinajstić information content (AvgIpc) is 2.80. The quantitative estimate of drug-likeness (QED) is 0.740. The summed E-state index contributed by atoms with van der Waals surface area (Å²) in [4.78, 5) is 14.6. The van der Waals surface area contributed by atoms with E-state index in [9.17, 15) is 9.18 Å². The average molecular weight is 239 g/mol. The first-order chi connectivity index (χ1) is 7.70. The molecular formula is C12H14FNOS. The van der Waals surface area contributed by atoms with Crippen LogP contribution in [0.5, 0.6) is 0 Å². The van der Waals surface area contributed by atoms with Crippen molar-refractivity contribution < 1.29 is 9.18 Å². The minimum Gasteiger partial charge on any atom is -0.339 e. The topological polar surface area (TPSA) is 20.3 Å². The van der Waals surface area contributed by atoms with Crippen molar-refractivity contribution in [1.29, 1.82) is 0 Å². The van der Waals surface area contributed by atoms with Crippen molar-refractivity contribution in [1.82, 2.24) is 4.90 Å². The molecule has 0 spiro atoms. The van der Waals surface area contributed by atoms with Gasteiger partial charge in [0.15, 0.2) is 0 Å². The van der Waals surface area contributed by atoms with Crippen LogP contribution in [0.1, 0.15) is 23.2 Å². The van der Waals surface area contributed by atoms with Gasteiger partial charge in [-0.1, -0.05) is 0 Å². The zero-order chi connectivity index (χ0) is 11.5. The number of halogens is 1. The summed E-state index contributed by atoms with van der Waals surface area (Å²) in [5.74, 6) is -0.387. The molecule has 1 amide bonds. The number of amides is 1. The van der Waals surface area contributed by atoms with Crippen molar-refractivity contribution in [3.8, 4) is 0 Å². The molecule has 86 valence electrons. The molecule has 0 saturated carbocycles. The molecule has 0 radical (unpaired) electrons. The van der Waals surface area contributed by atoms with Gasteiger partial charge in [0.25, 0.3) is 5.91 Å². The number of hydrogen-bond acceptors (Lipinski definition) is 2. The highest BCUT2D eigenvalue weighted by Crippen LogP contribution is 2.20. The SMILES string of the molecule is CSc1cc(F)cc(C(=O)N2CCCC2)c1.